The van der Waals surface area contributed by atoms with E-state index in [-0.39, 0.29) is 0 Å². The summed E-state index contributed by atoms with van der Waals surface area (Å²) in [5.41, 5.74) is 3.52. The predicted molar refractivity (Wildman–Crippen MR) is 65.9 cm³/mol. The number of hydrogen-bond donors (Lipinski definition) is 0. The molecule has 0 spiro atoms. The molecule has 1 rings (SSSR count). The number of rotatable bonds is 4. The first-order valence-corrected chi connectivity index (χ1v) is 4.24. The Bertz CT molecular complexity index is 373. The summed E-state index contributed by atoms with van der Waals surface area (Å²) < 4.78 is 1.54. The van der Waals surface area contributed by atoms with Gasteiger partial charge in [-0.3, -0.25) is 0 Å². The van der Waals surface area contributed by atoms with E-state index in [2.05, 4.69) is 26.3 Å². The third-order valence-corrected chi connectivity index (χ3v) is 2.16. The zero-order valence-electron chi connectivity index (χ0n) is 8.16. The third kappa shape index (κ3) is 1.29. The molecule has 0 fully saturated rings. The minimum absolute atomic E-state index is 0.824. The molecule has 2 radical (unpaired) electrons. The lowest BCUT2D eigenvalue weighted by atomic mass is 10.1. The average Bonchev–Trinajstić information content (AvgIpc) is 2.48. The fourth-order valence-electron chi connectivity index (χ4n) is 1.51. The zero-order valence-corrected chi connectivity index (χ0v) is 8.16. The normalized spacial score (nSPS) is 9.43. The highest BCUT2D eigenvalue weighted by Gasteiger charge is 2.11. The van der Waals surface area contributed by atoms with Gasteiger partial charge in [0.25, 0.3) is 0 Å². The van der Waals surface area contributed by atoms with Crippen LogP contribution in [0.2, 0.25) is 0 Å². The van der Waals surface area contributed by atoms with Crippen molar-refractivity contribution < 1.29 is 0 Å². The molecular weight excluding hydrogens is 169 g/mol. The van der Waals surface area contributed by atoms with Gasteiger partial charge in [0, 0.05) is 22.5 Å². The van der Waals surface area contributed by atoms with E-state index in [1.807, 2.05) is 0 Å². The maximum absolute atomic E-state index is 5.86. The van der Waals surface area contributed by atoms with Crippen molar-refractivity contribution >= 4 is 32.3 Å². The van der Waals surface area contributed by atoms with Gasteiger partial charge < -0.3 is 4.48 Å². The molecule has 1 heterocycles. The lowest BCUT2D eigenvalue weighted by Crippen LogP contribution is -1.96. The highest BCUT2D eigenvalue weighted by Crippen LogP contribution is 2.25. The minimum Gasteiger partial charge on any atom is -0.397 e. The number of nitrogens with zero attached hydrogens (tertiary/aromatic N) is 1. The molecule has 0 aliphatic heterocycles. The van der Waals surface area contributed by atoms with E-state index in [4.69, 9.17) is 7.98 Å². The van der Waals surface area contributed by atoms with Crippen LogP contribution in [0.1, 0.15) is 22.5 Å². The van der Waals surface area contributed by atoms with Crippen molar-refractivity contribution in [3.05, 3.63) is 48.8 Å². The van der Waals surface area contributed by atoms with Crippen LogP contribution in [0.5, 0.6) is 0 Å². The third-order valence-electron chi connectivity index (χ3n) is 2.16. The van der Waals surface area contributed by atoms with E-state index >= 15 is 0 Å². The van der Waals surface area contributed by atoms with E-state index in [1.54, 1.807) is 24.3 Å². The van der Waals surface area contributed by atoms with Crippen LogP contribution in [-0.2, 0) is 0 Å². The maximum atomic E-state index is 5.86. The molecule has 0 amide bonds. The Balaban J connectivity index is 3.68. The molecule has 68 valence electrons. The van der Waals surface area contributed by atoms with Gasteiger partial charge in [0.2, 0.25) is 7.98 Å². The van der Waals surface area contributed by atoms with Gasteiger partial charge in [-0.15, -0.1) is 0 Å². The number of hydrogen-bond acceptors (Lipinski definition) is 0. The monoisotopic (exact) mass is 181 g/mol. The second-order valence-corrected chi connectivity index (χ2v) is 2.78. The highest BCUT2D eigenvalue weighted by molar-refractivity contribution is 6.10. The SMILES string of the molecule is [B]n1c(C=C)c(C=C)c(C=C)c1C=C. The van der Waals surface area contributed by atoms with E-state index in [0.717, 1.165) is 22.5 Å². The molecule has 2 heteroatoms. The van der Waals surface area contributed by atoms with E-state index < -0.39 is 0 Å². The molecule has 0 atom stereocenters. The van der Waals surface area contributed by atoms with Crippen molar-refractivity contribution in [2.75, 3.05) is 0 Å². The Morgan fingerprint density at radius 2 is 1.14 bits per heavy atom. The van der Waals surface area contributed by atoms with Gasteiger partial charge in [-0.2, -0.15) is 0 Å². The van der Waals surface area contributed by atoms with Crippen molar-refractivity contribution in [3.8, 4) is 0 Å². The first kappa shape index (κ1) is 10.4. The lowest BCUT2D eigenvalue weighted by molar-refractivity contribution is 1.21. The summed E-state index contributed by atoms with van der Waals surface area (Å²) in [6.45, 7) is 14.9. The first-order chi connectivity index (χ1) is 6.71. The Morgan fingerprint density at radius 3 is 1.36 bits per heavy atom. The fraction of sp³-hybridized carbons (Fsp3) is 0. The molecule has 0 bridgehead atoms. The molecule has 0 aromatic carbocycles. The first-order valence-electron chi connectivity index (χ1n) is 4.24. The van der Waals surface area contributed by atoms with Crippen LogP contribution in [0.15, 0.2) is 26.3 Å². The Morgan fingerprint density at radius 1 is 0.786 bits per heavy atom. The summed E-state index contributed by atoms with van der Waals surface area (Å²) in [6.07, 6.45) is 6.86. The molecule has 1 aromatic heterocycles. The summed E-state index contributed by atoms with van der Waals surface area (Å²) in [6, 6.07) is 0. The molecule has 0 N–H and O–H groups in total. The van der Waals surface area contributed by atoms with Crippen molar-refractivity contribution in [2.45, 2.75) is 0 Å². The lowest BCUT2D eigenvalue weighted by Gasteiger charge is -2.00. The molecular formula is C12H12BN. The predicted octanol–water partition coefficient (Wildman–Crippen LogP) is 2.99. The molecule has 0 aliphatic carbocycles. The molecule has 0 saturated carbocycles. The highest BCUT2D eigenvalue weighted by atomic mass is 14.9. The van der Waals surface area contributed by atoms with Gasteiger partial charge in [0.15, 0.2) is 0 Å². The molecule has 14 heavy (non-hydrogen) atoms. The van der Waals surface area contributed by atoms with Gasteiger partial charge in [-0.05, 0) is 12.2 Å². The number of aromatic nitrogens is 1. The standard InChI is InChI=1S/C12H12BN/c1-5-9-10(6-2)12(8-4)14(13)11(9)7-3/h5-8H,1-4H2. The van der Waals surface area contributed by atoms with Crippen LogP contribution in [0, 0.1) is 0 Å². The van der Waals surface area contributed by atoms with Crippen molar-refractivity contribution in [1.82, 2.24) is 4.48 Å². The van der Waals surface area contributed by atoms with E-state index in [9.17, 15) is 0 Å². The van der Waals surface area contributed by atoms with Crippen LogP contribution < -0.4 is 0 Å². The summed E-state index contributed by atoms with van der Waals surface area (Å²) in [7, 11) is 5.86. The largest absolute Gasteiger partial charge is 0.397 e. The fourth-order valence-corrected chi connectivity index (χ4v) is 1.51. The van der Waals surface area contributed by atoms with E-state index in [1.165, 1.54) is 4.48 Å². The molecule has 0 aliphatic rings. The van der Waals surface area contributed by atoms with Crippen LogP contribution in [0.4, 0.5) is 0 Å². The van der Waals surface area contributed by atoms with Crippen LogP contribution in [0.25, 0.3) is 24.3 Å². The van der Waals surface area contributed by atoms with Gasteiger partial charge >= 0.3 is 0 Å². The van der Waals surface area contributed by atoms with Crippen LogP contribution in [0.3, 0.4) is 0 Å². The van der Waals surface area contributed by atoms with Gasteiger partial charge in [0.05, 0.1) is 0 Å². The molecule has 1 nitrogen and oxygen atoms in total. The minimum atomic E-state index is 0.824. The summed E-state index contributed by atoms with van der Waals surface area (Å²) in [4.78, 5) is 0. The zero-order chi connectivity index (χ0) is 10.7. The van der Waals surface area contributed by atoms with Crippen LogP contribution in [-0.4, -0.2) is 12.5 Å². The second-order valence-electron chi connectivity index (χ2n) is 2.78. The Hall–Kier alpha value is -1.70. The van der Waals surface area contributed by atoms with Gasteiger partial charge in [-0.25, -0.2) is 0 Å². The van der Waals surface area contributed by atoms with E-state index in [0.29, 0.717) is 0 Å². The molecule has 0 saturated heterocycles. The smallest absolute Gasteiger partial charge is 0.234 e. The molecule has 1 aromatic rings. The summed E-state index contributed by atoms with van der Waals surface area (Å²) >= 11 is 0. The van der Waals surface area contributed by atoms with Crippen LogP contribution >= 0.6 is 0 Å². The Labute approximate surface area is 86.2 Å². The summed E-state index contributed by atoms with van der Waals surface area (Å²) in [5.74, 6) is 0. The summed E-state index contributed by atoms with van der Waals surface area (Å²) in [5, 5.41) is 0. The second kappa shape index (κ2) is 4.01. The van der Waals surface area contributed by atoms with Crippen molar-refractivity contribution in [1.29, 1.82) is 0 Å². The average molecular weight is 181 g/mol. The van der Waals surface area contributed by atoms with Crippen molar-refractivity contribution in [2.24, 2.45) is 0 Å². The quantitative estimate of drug-likeness (QED) is 0.629. The van der Waals surface area contributed by atoms with Gasteiger partial charge in [0.1, 0.15) is 0 Å². The topological polar surface area (TPSA) is 4.93 Å². The Kier molecular flexibility index (Phi) is 2.97. The molecule has 0 unspecified atom stereocenters. The maximum Gasteiger partial charge on any atom is 0.234 e. The van der Waals surface area contributed by atoms with Gasteiger partial charge in [-0.1, -0.05) is 38.5 Å². The van der Waals surface area contributed by atoms with Crippen molar-refractivity contribution in [3.63, 3.8) is 0 Å².